The summed E-state index contributed by atoms with van der Waals surface area (Å²) in [5.41, 5.74) is 2.52. The number of nitrogens with one attached hydrogen (secondary N) is 1. The summed E-state index contributed by atoms with van der Waals surface area (Å²) in [5.74, 6) is 0.0317. The lowest BCUT2D eigenvalue weighted by molar-refractivity contribution is -0.130. The third-order valence-electron chi connectivity index (χ3n) is 5.26. The van der Waals surface area contributed by atoms with Crippen molar-refractivity contribution in [1.82, 2.24) is 5.32 Å². The molecular formula is C23H27NO6. The highest BCUT2D eigenvalue weighted by Crippen LogP contribution is 2.35. The molecule has 3 rings (SSSR count). The van der Waals surface area contributed by atoms with E-state index in [-0.39, 0.29) is 23.3 Å². The van der Waals surface area contributed by atoms with Crippen LogP contribution >= 0.6 is 0 Å². The molecule has 7 heteroatoms. The molecule has 1 N–H and O–H groups in total. The second-order valence-corrected chi connectivity index (χ2v) is 7.11. The Morgan fingerprint density at radius 1 is 1.00 bits per heavy atom. The zero-order valence-electron chi connectivity index (χ0n) is 17.7. The van der Waals surface area contributed by atoms with Crippen LogP contribution in [0.15, 0.2) is 36.4 Å². The van der Waals surface area contributed by atoms with Crippen LogP contribution in [0.25, 0.3) is 0 Å². The van der Waals surface area contributed by atoms with Crippen molar-refractivity contribution < 1.29 is 28.5 Å². The lowest BCUT2D eigenvalue weighted by Gasteiger charge is -2.27. The number of carbonyl (C=O) groups excluding carboxylic acids is 2. The average Bonchev–Trinajstić information content (AvgIpc) is 2.78. The number of rotatable bonds is 7. The number of methoxy groups -OCH3 is 3. The quantitative estimate of drug-likeness (QED) is 0.700. The van der Waals surface area contributed by atoms with E-state index in [1.165, 1.54) is 33.0 Å². The lowest BCUT2D eigenvalue weighted by Crippen LogP contribution is -2.39. The van der Waals surface area contributed by atoms with E-state index < -0.39 is 12.1 Å². The minimum absolute atomic E-state index is 0.0841. The fraction of sp³-hybridized carbons (Fsp3) is 0.391. The maximum atomic E-state index is 12.7. The Bertz CT molecular complexity index is 926. The summed E-state index contributed by atoms with van der Waals surface area (Å²) in [6.07, 6.45) is 1.89. The number of carbonyl (C=O) groups is 2. The molecule has 1 amide bonds. The number of fused-ring (bicyclic) bond motifs is 1. The topological polar surface area (TPSA) is 83.1 Å². The minimum atomic E-state index is -0.968. The summed E-state index contributed by atoms with van der Waals surface area (Å²) in [6.45, 7) is 1.55. The van der Waals surface area contributed by atoms with Crippen LogP contribution in [0.3, 0.4) is 0 Å². The first-order valence-electron chi connectivity index (χ1n) is 9.87. The van der Waals surface area contributed by atoms with Gasteiger partial charge in [-0.1, -0.05) is 24.3 Å². The molecule has 0 saturated carbocycles. The van der Waals surface area contributed by atoms with E-state index in [4.69, 9.17) is 18.9 Å². The number of ether oxygens (including phenoxy) is 4. The first-order chi connectivity index (χ1) is 14.5. The molecule has 0 unspecified atom stereocenters. The van der Waals surface area contributed by atoms with Gasteiger partial charge in [-0.05, 0) is 37.3 Å². The Labute approximate surface area is 176 Å². The molecule has 30 heavy (non-hydrogen) atoms. The highest BCUT2D eigenvalue weighted by molar-refractivity contribution is 5.95. The van der Waals surface area contributed by atoms with Crippen LogP contribution in [-0.2, 0) is 16.0 Å². The van der Waals surface area contributed by atoms with Crippen LogP contribution < -0.4 is 19.5 Å². The Hall–Kier alpha value is -3.22. The van der Waals surface area contributed by atoms with Crippen LogP contribution in [-0.4, -0.2) is 39.3 Å². The predicted octanol–water partition coefficient (Wildman–Crippen LogP) is 3.45. The predicted molar refractivity (Wildman–Crippen MR) is 111 cm³/mol. The summed E-state index contributed by atoms with van der Waals surface area (Å²) in [6, 6.07) is 11.0. The van der Waals surface area contributed by atoms with Gasteiger partial charge in [-0.2, -0.15) is 0 Å². The van der Waals surface area contributed by atoms with Gasteiger partial charge in [0.1, 0.15) is 11.3 Å². The van der Waals surface area contributed by atoms with Crippen molar-refractivity contribution >= 4 is 11.9 Å². The average molecular weight is 413 g/mol. The largest absolute Gasteiger partial charge is 0.496 e. The van der Waals surface area contributed by atoms with E-state index >= 15 is 0 Å². The molecule has 2 aromatic carbocycles. The molecule has 1 aliphatic rings. The van der Waals surface area contributed by atoms with Gasteiger partial charge < -0.3 is 24.3 Å². The van der Waals surface area contributed by atoms with E-state index in [0.29, 0.717) is 11.5 Å². The van der Waals surface area contributed by atoms with Crippen molar-refractivity contribution in [2.45, 2.75) is 38.3 Å². The van der Waals surface area contributed by atoms with Gasteiger partial charge in [0.05, 0.1) is 27.4 Å². The van der Waals surface area contributed by atoms with Crippen molar-refractivity contribution in [2.75, 3.05) is 21.3 Å². The molecule has 0 fully saturated rings. The van der Waals surface area contributed by atoms with Crippen molar-refractivity contribution in [3.8, 4) is 17.2 Å². The van der Waals surface area contributed by atoms with Crippen LogP contribution in [0, 0.1) is 0 Å². The maximum absolute atomic E-state index is 12.7. The molecule has 2 atom stereocenters. The molecule has 2 aromatic rings. The number of aryl methyl sites for hydroxylation is 1. The number of benzene rings is 2. The molecule has 0 aromatic heterocycles. The Kier molecular flexibility index (Phi) is 6.82. The van der Waals surface area contributed by atoms with Gasteiger partial charge in [-0.3, -0.25) is 4.79 Å². The molecule has 160 valence electrons. The first kappa shape index (κ1) is 21.5. The number of esters is 1. The zero-order chi connectivity index (χ0) is 21.7. The van der Waals surface area contributed by atoms with Crippen LogP contribution in [0.2, 0.25) is 0 Å². The van der Waals surface area contributed by atoms with Crippen LogP contribution in [0.5, 0.6) is 17.2 Å². The smallest absolute Gasteiger partial charge is 0.342 e. The van der Waals surface area contributed by atoms with Gasteiger partial charge in [0.15, 0.2) is 17.6 Å². The molecule has 0 spiro atoms. The summed E-state index contributed by atoms with van der Waals surface area (Å²) < 4.78 is 21.2. The van der Waals surface area contributed by atoms with Crippen molar-refractivity contribution in [1.29, 1.82) is 0 Å². The normalized spacial score (nSPS) is 16.1. The number of amides is 1. The van der Waals surface area contributed by atoms with Crippen molar-refractivity contribution in [2.24, 2.45) is 0 Å². The molecule has 0 radical (unpaired) electrons. The first-order valence-corrected chi connectivity index (χ1v) is 9.87. The minimum Gasteiger partial charge on any atom is -0.496 e. The van der Waals surface area contributed by atoms with Gasteiger partial charge in [-0.25, -0.2) is 4.79 Å². The van der Waals surface area contributed by atoms with Gasteiger partial charge in [0.2, 0.25) is 0 Å². The molecule has 0 aliphatic heterocycles. The monoisotopic (exact) mass is 413 g/mol. The van der Waals surface area contributed by atoms with E-state index in [2.05, 4.69) is 11.4 Å². The second-order valence-electron chi connectivity index (χ2n) is 7.11. The van der Waals surface area contributed by atoms with Gasteiger partial charge in [0.25, 0.3) is 5.91 Å². The molecule has 0 bridgehead atoms. The highest BCUT2D eigenvalue weighted by atomic mass is 16.6. The summed E-state index contributed by atoms with van der Waals surface area (Å²) in [4.78, 5) is 25.4. The van der Waals surface area contributed by atoms with Crippen LogP contribution in [0.4, 0.5) is 0 Å². The Morgan fingerprint density at radius 2 is 1.67 bits per heavy atom. The second kappa shape index (κ2) is 9.52. The molecule has 1 aliphatic carbocycles. The third-order valence-corrected chi connectivity index (χ3v) is 5.26. The fourth-order valence-corrected chi connectivity index (χ4v) is 3.66. The molecular weight excluding hydrogens is 386 g/mol. The summed E-state index contributed by atoms with van der Waals surface area (Å²) >= 11 is 0. The van der Waals surface area contributed by atoms with E-state index in [1.54, 1.807) is 13.0 Å². The molecule has 7 nitrogen and oxygen atoms in total. The standard InChI is InChI=1S/C23H27NO6/c1-14(22(25)24-18-11-7-9-15-8-5-6-10-16(15)18)30-23(26)17-12-20(28-3)21(29-4)13-19(17)27-2/h5-6,8,10,12-14,18H,7,9,11H2,1-4H3,(H,24,25)/t14-,18-/m1/s1. The van der Waals surface area contributed by atoms with E-state index in [9.17, 15) is 9.59 Å². The molecule has 0 saturated heterocycles. The summed E-state index contributed by atoms with van der Waals surface area (Å²) in [5, 5.41) is 3.01. The van der Waals surface area contributed by atoms with Gasteiger partial charge >= 0.3 is 5.97 Å². The van der Waals surface area contributed by atoms with Crippen molar-refractivity contribution in [3.63, 3.8) is 0 Å². The fourth-order valence-electron chi connectivity index (χ4n) is 3.66. The van der Waals surface area contributed by atoms with Crippen LogP contribution in [0.1, 0.15) is 47.3 Å². The Balaban J connectivity index is 1.71. The summed E-state index contributed by atoms with van der Waals surface area (Å²) in [7, 11) is 4.40. The molecule has 0 heterocycles. The van der Waals surface area contributed by atoms with Gasteiger partial charge in [0, 0.05) is 12.1 Å². The maximum Gasteiger partial charge on any atom is 0.342 e. The van der Waals surface area contributed by atoms with Gasteiger partial charge in [-0.15, -0.1) is 0 Å². The Morgan fingerprint density at radius 3 is 2.37 bits per heavy atom. The highest BCUT2D eigenvalue weighted by Gasteiger charge is 2.27. The van der Waals surface area contributed by atoms with E-state index in [1.807, 2.05) is 18.2 Å². The SMILES string of the molecule is COc1cc(OC)c(C(=O)O[C@H](C)C(=O)N[C@@H]2CCCc3ccccc32)cc1OC. The van der Waals surface area contributed by atoms with Crippen molar-refractivity contribution in [3.05, 3.63) is 53.1 Å². The lowest BCUT2D eigenvalue weighted by atomic mass is 9.87. The van der Waals surface area contributed by atoms with E-state index in [0.717, 1.165) is 24.8 Å². The third kappa shape index (κ3) is 4.50. The number of hydrogen-bond donors (Lipinski definition) is 1. The zero-order valence-corrected chi connectivity index (χ0v) is 17.7. The number of hydrogen-bond acceptors (Lipinski definition) is 6.